The Kier molecular flexibility index (Phi) is 2.62. The van der Waals surface area contributed by atoms with Crippen LogP contribution in [0, 0.1) is 0 Å². The van der Waals surface area contributed by atoms with Gasteiger partial charge in [-0.2, -0.15) is 0 Å². The van der Waals surface area contributed by atoms with Crippen molar-refractivity contribution in [3.63, 3.8) is 0 Å². The van der Waals surface area contributed by atoms with Crippen LogP contribution in [0.2, 0.25) is 0 Å². The number of hydrogen-bond donors (Lipinski definition) is 1. The first-order chi connectivity index (χ1) is 7.27. The summed E-state index contributed by atoms with van der Waals surface area (Å²) in [6.45, 7) is 6.76. The smallest absolute Gasteiger partial charge is 0.191 e. The van der Waals surface area contributed by atoms with Crippen molar-refractivity contribution in [2.24, 2.45) is 10.7 Å². The first-order valence-electron chi connectivity index (χ1n) is 5.34. The van der Waals surface area contributed by atoms with Gasteiger partial charge < -0.3 is 15.2 Å². The number of aliphatic imine (C=N–C) groups is 1. The fourth-order valence-corrected chi connectivity index (χ4v) is 2.04. The van der Waals surface area contributed by atoms with Crippen molar-refractivity contribution < 1.29 is 0 Å². The number of imidazole rings is 1. The number of nitrogens with two attached hydrogens (primary N) is 1. The summed E-state index contributed by atoms with van der Waals surface area (Å²) in [5, 5.41) is 0. The van der Waals surface area contributed by atoms with Crippen LogP contribution in [-0.4, -0.2) is 33.5 Å². The Labute approximate surface area is 89.6 Å². The summed E-state index contributed by atoms with van der Waals surface area (Å²) in [5.41, 5.74) is 7.02. The molecular formula is C10H17N5. The number of likely N-dealkylation sites (N-methyl/N-ethyl adjacent to an activating group) is 1. The van der Waals surface area contributed by atoms with Crippen molar-refractivity contribution in [3.05, 3.63) is 18.2 Å². The summed E-state index contributed by atoms with van der Waals surface area (Å²) in [5.74, 6) is 0.645. The van der Waals surface area contributed by atoms with Crippen molar-refractivity contribution in [2.75, 3.05) is 13.1 Å². The van der Waals surface area contributed by atoms with Gasteiger partial charge >= 0.3 is 0 Å². The second-order valence-electron chi connectivity index (χ2n) is 3.61. The number of rotatable bonds is 3. The third kappa shape index (κ3) is 1.58. The maximum atomic E-state index is 5.82. The first kappa shape index (κ1) is 10.0. The molecule has 82 valence electrons. The molecule has 0 aliphatic carbocycles. The van der Waals surface area contributed by atoms with E-state index >= 15 is 0 Å². The molecule has 2 rings (SSSR count). The van der Waals surface area contributed by atoms with E-state index in [0.717, 1.165) is 19.6 Å². The minimum Gasteiger partial charge on any atom is -0.370 e. The Morgan fingerprint density at radius 2 is 2.27 bits per heavy atom. The van der Waals surface area contributed by atoms with Crippen molar-refractivity contribution in [1.82, 2.24) is 14.5 Å². The summed E-state index contributed by atoms with van der Waals surface area (Å²) in [6, 6.07) is 0.262. The molecule has 5 nitrogen and oxygen atoms in total. The summed E-state index contributed by atoms with van der Waals surface area (Å²) in [4.78, 5) is 10.6. The van der Waals surface area contributed by atoms with Crippen LogP contribution < -0.4 is 5.73 Å². The van der Waals surface area contributed by atoms with E-state index in [4.69, 9.17) is 5.73 Å². The van der Waals surface area contributed by atoms with E-state index in [-0.39, 0.29) is 6.04 Å². The lowest BCUT2D eigenvalue weighted by Crippen LogP contribution is -2.36. The van der Waals surface area contributed by atoms with Crippen LogP contribution >= 0.6 is 0 Å². The lowest BCUT2D eigenvalue weighted by molar-refractivity contribution is 0.348. The summed E-state index contributed by atoms with van der Waals surface area (Å²) >= 11 is 0. The lowest BCUT2D eigenvalue weighted by Gasteiger charge is -2.25. The van der Waals surface area contributed by atoms with Crippen LogP contribution in [-0.2, 0) is 6.54 Å². The summed E-state index contributed by atoms with van der Waals surface area (Å²) in [6.07, 6.45) is 3.77. The molecule has 1 aliphatic heterocycles. The Bertz CT molecular complexity index is 368. The summed E-state index contributed by atoms with van der Waals surface area (Å²) < 4.78 is 2.14. The van der Waals surface area contributed by atoms with Crippen LogP contribution in [0.3, 0.4) is 0 Å². The van der Waals surface area contributed by atoms with Crippen molar-refractivity contribution in [2.45, 2.75) is 26.4 Å². The van der Waals surface area contributed by atoms with Gasteiger partial charge in [0, 0.05) is 13.1 Å². The highest BCUT2D eigenvalue weighted by Gasteiger charge is 2.28. The molecule has 2 N–H and O–H groups in total. The Balaban J connectivity index is 2.25. The molecule has 1 unspecified atom stereocenters. The van der Waals surface area contributed by atoms with Gasteiger partial charge in [-0.25, -0.2) is 4.98 Å². The topological polar surface area (TPSA) is 59.4 Å². The van der Waals surface area contributed by atoms with Crippen molar-refractivity contribution in [3.8, 4) is 0 Å². The van der Waals surface area contributed by atoms with Gasteiger partial charge in [0.1, 0.15) is 0 Å². The van der Waals surface area contributed by atoms with Gasteiger partial charge in [-0.1, -0.05) is 0 Å². The first-order valence-corrected chi connectivity index (χ1v) is 5.34. The maximum absolute atomic E-state index is 5.82. The predicted molar refractivity (Wildman–Crippen MR) is 59.5 cm³/mol. The minimum atomic E-state index is 0.262. The second-order valence-corrected chi connectivity index (χ2v) is 3.61. The fourth-order valence-electron chi connectivity index (χ4n) is 2.04. The standard InChI is InChI=1S/C10H17N5/c1-3-14-7-12-5-8(14)9-6-13-10(11)15(9)4-2/h5,7,9H,3-4,6H2,1-2H3,(H2,11,13). The zero-order chi connectivity index (χ0) is 10.8. The van der Waals surface area contributed by atoms with Gasteiger partial charge in [-0.3, -0.25) is 4.99 Å². The Morgan fingerprint density at radius 3 is 2.93 bits per heavy atom. The highest BCUT2D eigenvalue weighted by molar-refractivity contribution is 5.80. The SMILES string of the molecule is CCN1C(N)=NCC1c1cncn1CC. The molecule has 0 radical (unpaired) electrons. The molecule has 5 heteroatoms. The number of guanidine groups is 1. The fraction of sp³-hybridized carbons (Fsp3) is 0.600. The Hall–Kier alpha value is -1.52. The zero-order valence-electron chi connectivity index (χ0n) is 9.22. The monoisotopic (exact) mass is 207 g/mol. The molecule has 0 saturated heterocycles. The molecular weight excluding hydrogens is 190 g/mol. The van der Waals surface area contributed by atoms with Crippen molar-refractivity contribution in [1.29, 1.82) is 0 Å². The van der Waals surface area contributed by atoms with E-state index in [0.29, 0.717) is 5.96 Å². The average molecular weight is 207 g/mol. The van der Waals surface area contributed by atoms with Gasteiger partial charge in [0.2, 0.25) is 0 Å². The zero-order valence-corrected chi connectivity index (χ0v) is 9.22. The number of nitrogens with zero attached hydrogens (tertiary/aromatic N) is 4. The van der Waals surface area contributed by atoms with E-state index in [9.17, 15) is 0 Å². The molecule has 0 spiro atoms. The van der Waals surface area contributed by atoms with E-state index in [1.54, 1.807) is 0 Å². The van der Waals surface area contributed by atoms with Crippen LogP contribution in [0.15, 0.2) is 17.5 Å². The van der Waals surface area contributed by atoms with E-state index in [1.165, 1.54) is 5.69 Å². The van der Waals surface area contributed by atoms with Gasteiger partial charge in [0.25, 0.3) is 0 Å². The molecule has 0 amide bonds. The largest absolute Gasteiger partial charge is 0.370 e. The van der Waals surface area contributed by atoms with Gasteiger partial charge in [-0.15, -0.1) is 0 Å². The number of hydrogen-bond acceptors (Lipinski definition) is 4. The van der Waals surface area contributed by atoms with Crippen LogP contribution in [0.25, 0.3) is 0 Å². The Morgan fingerprint density at radius 1 is 1.47 bits per heavy atom. The van der Waals surface area contributed by atoms with Crippen LogP contribution in [0.1, 0.15) is 25.6 Å². The molecule has 0 saturated carbocycles. The molecule has 1 aliphatic rings. The highest BCUT2D eigenvalue weighted by atomic mass is 15.3. The number of aryl methyl sites for hydroxylation is 1. The van der Waals surface area contributed by atoms with E-state index < -0.39 is 0 Å². The molecule has 2 heterocycles. The second kappa shape index (κ2) is 3.92. The molecule has 15 heavy (non-hydrogen) atoms. The van der Waals surface area contributed by atoms with Crippen LogP contribution in [0.4, 0.5) is 0 Å². The summed E-state index contributed by atoms with van der Waals surface area (Å²) in [7, 11) is 0. The lowest BCUT2D eigenvalue weighted by atomic mass is 10.2. The van der Waals surface area contributed by atoms with Crippen molar-refractivity contribution >= 4 is 5.96 Å². The molecule has 1 aromatic rings. The van der Waals surface area contributed by atoms with Gasteiger partial charge in [0.05, 0.1) is 30.8 Å². The van der Waals surface area contributed by atoms with E-state index in [2.05, 4.69) is 33.3 Å². The van der Waals surface area contributed by atoms with Crippen LogP contribution in [0.5, 0.6) is 0 Å². The quantitative estimate of drug-likeness (QED) is 0.789. The number of aromatic nitrogens is 2. The minimum absolute atomic E-state index is 0.262. The maximum Gasteiger partial charge on any atom is 0.191 e. The predicted octanol–water partition coefficient (Wildman–Crippen LogP) is 0.594. The molecule has 0 bridgehead atoms. The third-order valence-electron chi connectivity index (χ3n) is 2.86. The average Bonchev–Trinajstić information content (AvgIpc) is 2.82. The molecule has 0 aromatic carbocycles. The van der Waals surface area contributed by atoms with E-state index in [1.807, 2.05) is 12.5 Å². The molecule has 1 atom stereocenters. The molecule has 0 fully saturated rings. The van der Waals surface area contributed by atoms with Gasteiger partial charge in [-0.05, 0) is 13.8 Å². The van der Waals surface area contributed by atoms with Gasteiger partial charge in [0.15, 0.2) is 5.96 Å². The third-order valence-corrected chi connectivity index (χ3v) is 2.86. The normalized spacial score (nSPS) is 20.8. The highest BCUT2D eigenvalue weighted by Crippen LogP contribution is 2.24. The molecule has 1 aromatic heterocycles.